The van der Waals surface area contributed by atoms with Crippen molar-refractivity contribution in [3.63, 3.8) is 0 Å². The number of carbonyl (C=O) groups excluding carboxylic acids is 1. The summed E-state index contributed by atoms with van der Waals surface area (Å²) < 4.78 is 1.84. The summed E-state index contributed by atoms with van der Waals surface area (Å²) in [5.41, 5.74) is 2.37. The molecule has 1 aromatic heterocycles. The number of amides is 1. The smallest absolute Gasteiger partial charge is 0.274 e. The second-order valence-corrected chi connectivity index (χ2v) is 6.95. The van der Waals surface area contributed by atoms with Gasteiger partial charge in [0.15, 0.2) is 5.69 Å². The van der Waals surface area contributed by atoms with Crippen LogP contribution in [0.4, 0.5) is 0 Å². The molecule has 1 unspecified atom stereocenters. The third-order valence-corrected chi connectivity index (χ3v) is 4.52. The number of aliphatic hydroxyl groups is 1. The Balaban J connectivity index is 1.84. The molecule has 128 valence electrons. The Morgan fingerprint density at radius 2 is 2.00 bits per heavy atom. The number of para-hydroxylation sites is 1. The van der Waals surface area contributed by atoms with E-state index in [0.29, 0.717) is 18.2 Å². The standard InChI is InChI=1S/C19H25N3O2/c1-13(2)17-11-16(20-22(17)15-7-5-4-6-8-15)19(24)21(3)12-18(23)14-9-10-14/h4-8,11,13-14,18,23H,9-10,12H2,1-3H3. The van der Waals surface area contributed by atoms with E-state index in [1.54, 1.807) is 11.9 Å². The molecule has 5 heteroatoms. The van der Waals surface area contributed by atoms with E-state index in [4.69, 9.17) is 0 Å². The van der Waals surface area contributed by atoms with Crippen molar-refractivity contribution in [1.82, 2.24) is 14.7 Å². The van der Waals surface area contributed by atoms with Crippen LogP contribution in [0.5, 0.6) is 0 Å². The van der Waals surface area contributed by atoms with Gasteiger partial charge in [-0.05, 0) is 42.9 Å². The van der Waals surface area contributed by atoms with Crippen LogP contribution in [0.2, 0.25) is 0 Å². The van der Waals surface area contributed by atoms with Crippen LogP contribution in [0, 0.1) is 5.92 Å². The first-order valence-corrected chi connectivity index (χ1v) is 8.56. The van der Waals surface area contributed by atoms with E-state index in [2.05, 4.69) is 18.9 Å². The summed E-state index contributed by atoms with van der Waals surface area (Å²) in [4.78, 5) is 14.3. The van der Waals surface area contributed by atoms with Crippen LogP contribution in [0.3, 0.4) is 0 Å². The van der Waals surface area contributed by atoms with Gasteiger partial charge < -0.3 is 10.0 Å². The molecule has 5 nitrogen and oxygen atoms in total. The van der Waals surface area contributed by atoms with Crippen LogP contribution < -0.4 is 0 Å². The molecule has 0 bridgehead atoms. The number of aliphatic hydroxyl groups excluding tert-OH is 1. The molecule has 0 saturated heterocycles. The maximum absolute atomic E-state index is 12.7. The molecule has 0 spiro atoms. The van der Waals surface area contributed by atoms with Crippen molar-refractivity contribution < 1.29 is 9.90 Å². The summed E-state index contributed by atoms with van der Waals surface area (Å²) >= 11 is 0. The molecule has 1 N–H and O–H groups in total. The lowest BCUT2D eigenvalue weighted by atomic mass is 10.1. The normalized spacial score (nSPS) is 15.5. The molecule has 1 heterocycles. The zero-order valence-electron chi connectivity index (χ0n) is 14.5. The van der Waals surface area contributed by atoms with Gasteiger partial charge >= 0.3 is 0 Å². The van der Waals surface area contributed by atoms with Gasteiger partial charge in [-0.1, -0.05) is 32.0 Å². The molecule has 1 aromatic carbocycles. The summed E-state index contributed by atoms with van der Waals surface area (Å²) in [6.45, 7) is 4.54. The number of likely N-dealkylation sites (N-methyl/N-ethyl adjacent to an activating group) is 1. The molecule has 1 fully saturated rings. The maximum Gasteiger partial charge on any atom is 0.274 e. The quantitative estimate of drug-likeness (QED) is 0.887. The summed E-state index contributed by atoms with van der Waals surface area (Å²) in [5.74, 6) is 0.459. The maximum atomic E-state index is 12.7. The Labute approximate surface area is 142 Å². The number of nitrogens with zero attached hydrogens (tertiary/aromatic N) is 3. The Morgan fingerprint density at radius 3 is 2.58 bits per heavy atom. The first kappa shape index (κ1) is 16.7. The van der Waals surface area contributed by atoms with Gasteiger partial charge in [-0.25, -0.2) is 4.68 Å². The molecule has 0 radical (unpaired) electrons. The zero-order chi connectivity index (χ0) is 17.3. The SMILES string of the molecule is CC(C)c1cc(C(=O)N(C)CC(O)C2CC2)nn1-c1ccccc1. The number of benzene rings is 1. The van der Waals surface area contributed by atoms with Crippen LogP contribution in [-0.4, -0.2) is 45.4 Å². The monoisotopic (exact) mass is 327 g/mol. The van der Waals surface area contributed by atoms with Gasteiger partial charge in [0.05, 0.1) is 11.8 Å². The Kier molecular flexibility index (Phi) is 4.71. The first-order chi connectivity index (χ1) is 11.5. The minimum absolute atomic E-state index is 0.147. The van der Waals surface area contributed by atoms with E-state index in [1.165, 1.54) is 0 Å². The van der Waals surface area contributed by atoms with Crippen molar-refractivity contribution >= 4 is 5.91 Å². The van der Waals surface area contributed by atoms with E-state index in [-0.39, 0.29) is 11.8 Å². The van der Waals surface area contributed by atoms with Gasteiger partial charge in [-0.15, -0.1) is 0 Å². The second kappa shape index (κ2) is 6.77. The van der Waals surface area contributed by atoms with Gasteiger partial charge in [0.25, 0.3) is 5.91 Å². The summed E-state index contributed by atoms with van der Waals surface area (Å²) in [6, 6.07) is 11.7. The van der Waals surface area contributed by atoms with Gasteiger partial charge in [-0.3, -0.25) is 4.79 Å². The first-order valence-electron chi connectivity index (χ1n) is 8.56. The minimum atomic E-state index is -0.431. The van der Waals surface area contributed by atoms with E-state index in [9.17, 15) is 9.90 Å². The van der Waals surface area contributed by atoms with Gasteiger partial charge in [0.1, 0.15) is 0 Å². The highest BCUT2D eigenvalue weighted by molar-refractivity contribution is 5.92. The van der Waals surface area contributed by atoms with Crippen molar-refractivity contribution in [2.75, 3.05) is 13.6 Å². The van der Waals surface area contributed by atoms with E-state index in [0.717, 1.165) is 24.2 Å². The van der Waals surface area contributed by atoms with Crippen molar-refractivity contribution in [2.45, 2.75) is 38.7 Å². The predicted molar refractivity (Wildman–Crippen MR) is 93.3 cm³/mol. The van der Waals surface area contributed by atoms with Gasteiger partial charge in [0, 0.05) is 19.3 Å². The molecule has 1 saturated carbocycles. The van der Waals surface area contributed by atoms with Crippen LogP contribution in [-0.2, 0) is 0 Å². The lowest BCUT2D eigenvalue weighted by Crippen LogP contribution is -2.35. The average Bonchev–Trinajstić information content (AvgIpc) is 3.33. The number of aromatic nitrogens is 2. The Bertz CT molecular complexity index is 705. The van der Waals surface area contributed by atoms with Crippen molar-refractivity contribution in [1.29, 1.82) is 0 Å². The summed E-state index contributed by atoms with van der Waals surface area (Å²) in [7, 11) is 1.73. The third kappa shape index (κ3) is 3.51. The fraction of sp³-hybridized carbons (Fsp3) is 0.474. The van der Waals surface area contributed by atoms with Crippen LogP contribution in [0.15, 0.2) is 36.4 Å². The van der Waals surface area contributed by atoms with E-state index >= 15 is 0 Å². The van der Waals surface area contributed by atoms with E-state index in [1.807, 2.05) is 41.1 Å². The molecular weight excluding hydrogens is 302 g/mol. The highest BCUT2D eigenvalue weighted by Gasteiger charge is 2.31. The molecule has 1 amide bonds. The number of hydrogen-bond donors (Lipinski definition) is 1. The summed E-state index contributed by atoms with van der Waals surface area (Å²) in [5, 5.41) is 14.6. The van der Waals surface area contributed by atoms with Crippen molar-refractivity contribution in [3.8, 4) is 5.69 Å². The number of hydrogen-bond acceptors (Lipinski definition) is 3. The minimum Gasteiger partial charge on any atom is -0.391 e. The largest absolute Gasteiger partial charge is 0.391 e. The van der Waals surface area contributed by atoms with Crippen LogP contribution in [0.25, 0.3) is 5.69 Å². The van der Waals surface area contributed by atoms with E-state index < -0.39 is 6.10 Å². The average molecular weight is 327 g/mol. The molecule has 24 heavy (non-hydrogen) atoms. The Hall–Kier alpha value is -2.14. The predicted octanol–water partition coefficient (Wildman–Crippen LogP) is 2.84. The summed E-state index contributed by atoms with van der Waals surface area (Å²) in [6.07, 6.45) is 1.69. The van der Waals surface area contributed by atoms with Crippen LogP contribution >= 0.6 is 0 Å². The molecule has 0 aliphatic heterocycles. The fourth-order valence-electron chi connectivity index (χ4n) is 2.88. The van der Waals surface area contributed by atoms with Crippen molar-refractivity contribution in [3.05, 3.63) is 47.8 Å². The van der Waals surface area contributed by atoms with Gasteiger partial charge in [-0.2, -0.15) is 5.10 Å². The molecule has 1 aliphatic rings. The molecular formula is C19H25N3O2. The Morgan fingerprint density at radius 1 is 1.33 bits per heavy atom. The van der Waals surface area contributed by atoms with Crippen molar-refractivity contribution in [2.24, 2.45) is 5.92 Å². The van der Waals surface area contributed by atoms with Gasteiger partial charge in [0.2, 0.25) is 0 Å². The topological polar surface area (TPSA) is 58.4 Å². The fourth-order valence-corrected chi connectivity index (χ4v) is 2.88. The zero-order valence-corrected chi connectivity index (χ0v) is 14.5. The molecule has 2 aromatic rings. The number of carbonyl (C=O) groups is 1. The highest BCUT2D eigenvalue weighted by Crippen LogP contribution is 2.32. The second-order valence-electron chi connectivity index (χ2n) is 6.95. The lowest BCUT2D eigenvalue weighted by molar-refractivity contribution is 0.0640. The lowest BCUT2D eigenvalue weighted by Gasteiger charge is -2.19. The molecule has 1 atom stereocenters. The van der Waals surface area contributed by atoms with Crippen LogP contribution in [0.1, 0.15) is 48.8 Å². The highest BCUT2D eigenvalue weighted by atomic mass is 16.3. The molecule has 3 rings (SSSR count). The number of rotatable bonds is 6. The third-order valence-electron chi connectivity index (χ3n) is 4.52. The molecule has 1 aliphatic carbocycles.